The second-order valence-corrected chi connectivity index (χ2v) is 9.26. The fourth-order valence-electron chi connectivity index (χ4n) is 4.37. The molecule has 2 saturated heterocycles. The van der Waals surface area contributed by atoms with Gasteiger partial charge in [0, 0.05) is 55.7 Å². The molecule has 186 valence electrons. The van der Waals surface area contributed by atoms with Gasteiger partial charge < -0.3 is 20.4 Å². The van der Waals surface area contributed by atoms with Crippen molar-refractivity contribution in [2.24, 2.45) is 0 Å². The molecule has 10 heteroatoms. The molecule has 1 atom stereocenters. The van der Waals surface area contributed by atoms with Crippen LogP contribution in [0.1, 0.15) is 12.0 Å². The number of hydrogen-bond acceptors (Lipinski definition) is 5. The third-order valence-corrected chi connectivity index (χ3v) is 6.82. The van der Waals surface area contributed by atoms with E-state index in [9.17, 15) is 18.8 Å². The van der Waals surface area contributed by atoms with E-state index in [0.29, 0.717) is 50.0 Å². The van der Waals surface area contributed by atoms with Gasteiger partial charge in [0.2, 0.25) is 17.7 Å². The van der Waals surface area contributed by atoms with Crippen LogP contribution in [0.4, 0.5) is 15.8 Å². The van der Waals surface area contributed by atoms with E-state index in [1.807, 2.05) is 11.8 Å². The highest BCUT2D eigenvalue weighted by molar-refractivity contribution is 6.31. The van der Waals surface area contributed by atoms with Crippen LogP contribution in [-0.4, -0.2) is 79.4 Å². The highest BCUT2D eigenvalue weighted by atomic mass is 35.5. The second kappa shape index (κ2) is 11.0. The average Bonchev–Trinajstić information content (AvgIpc) is 2.84. The number of anilines is 2. The zero-order valence-electron chi connectivity index (χ0n) is 19.6. The van der Waals surface area contributed by atoms with Gasteiger partial charge in [0.25, 0.3) is 0 Å². The number of nitrogens with one attached hydrogen (secondary N) is 2. The minimum absolute atomic E-state index is 0.137. The molecule has 2 fully saturated rings. The monoisotopic (exact) mass is 501 g/mol. The molecule has 2 aromatic rings. The van der Waals surface area contributed by atoms with Crippen LogP contribution in [0, 0.1) is 12.7 Å². The average molecular weight is 502 g/mol. The maximum Gasteiger partial charge on any atom is 0.243 e. The molecule has 0 spiro atoms. The van der Waals surface area contributed by atoms with Crippen molar-refractivity contribution in [3.05, 3.63) is 58.9 Å². The van der Waals surface area contributed by atoms with Crippen LogP contribution in [0.15, 0.2) is 42.5 Å². The maximum atomic E-state index is 13.2. The highest BCUT2D eigenvalue weighted by Crippen LogP contribution is 2.21. The molecule has 2 N–H and O–H groups in total. The third-order valence-electron chi connectivity index (χ3n) is 6.41. The Morgan fingerprint density at radius 2 is 1.80 bits per heavy atom. The Morgan fingerprint density at radius 1 is 1.09 bits per heavy atom. The minimum atomic E-state index is -0.863. The van der Waals surface area contributed by atoms with Gasteiger partial charge >= 0.3 is 0 Å². The van der Waals surface area contributed by atoms with Crippen molar-refractivity contribution in [1.82, 2.24) is 15.1 Å². The molecule has 0 saturated carbocycles. The molecule has 2 heterocycles. The summed E-state index contributed by atoms with van der Waals surface area (Å²) in [6.45, 7) is 5.52. The van der Waals surface area contributed by atoms with Crippen molar-refractivity contribution in [1.29, 1.82) is 0 Å². The summed E-state index contributed by atoms with van der Waals surface area (Å²) in [6, 6.07) is 10.7. The van der Waals surface area contributed by atoms with E-state index in [2.05, 4.69) is 15.5 Å². The van der Waals surface area contributed by atoms with E-state index in [0.717, 1.165) is 11.3 Å². The van der Waals surface area contributed by atoms with Crippen LogP contribution in [0.25, 0.3) is 0 Å². The molecule has 1 unspecified atom stereocenters. The number of nitrogens with zero attached hydrogens (tertiary/aromatic N) is 3. The summed E-state index contributed by atoms with van der Waals surface area (Å²) >= 11 is 6.13. The van der Waals surface area contributed by atoms with Gasteiger partial charge in [-0.3, -0.25) is 19.3 Å². The lowest BCUT2D eigenvalue weighted by Crippen LogP contribution is -2.60. The Labute approximate surface area is 209 Å². The van der Waals surface area contributed by atoms with Gasteiger partial charge in [-0.15, -0.1) is 0 Å². The Hall–Kier alpha value is -3.17. The van der Waals surface area contributed by atoms with Crippen LogP contribution in [0.5, 0.6) is 0 Å². The molecule has 35 heavy (non-hydrogen) atoms. The topological polar surface area (TPSA) is 85.0 Å². The fraction of sp³-hybridized carbons (Fsp3) is 0.400. The standard InChI is InChI=1S/C25H29ClFN5O3/c1-17-2-5-19(14-21(17)26)29-23(33)15-22-25(35)28-8-9-32(22)24(34)16-30-10-12-31(13-11-30)20-6-3-18(27)4-7-20/h2-7,14,22H,8-13,15-16H2,1H3,(H,28,35)(H,29,33). The number of hydrogen-bond donors (Lipinski definition) is 2. The number of piperazine rings is 2. The summed E-state index contributed by atoms with van der Waals surface area (Å²) < 4.78 is 13.2. The van der Waals surface area contributed by atoms with Gasteiger partial charge in [-0.2, -0.15) is 0 Å². The molecular formula is C25H29ClFN5O3. The molecular weight excluding hydrogens is 473 g/mol. The smallest absolute Gasteiger partial charge is 0.243 e. The minimum Gasteiger partial charge on any atom is -0.369 e. The molecule has 0 radical (unpaired) electrons. The molecule has 3 amide bonds. The van der Waals surface area contributed by atoms with Crippen LogP contribution >= 0.6 is 11.6 Å². The van der Waals surface area contributed by atoms with E-state index < -0.39 is 6.04 Å². The van der Waals surface area contributed by atoms with Gasteiger partial charge in [0.15, 0.2) is 0 Å². The molecule has 4 rings (SSSR count). The first-order valence-corrected chi connectivity index (χ1v) is 12.0. The lowest BCUT2D eigenvalue weighted by molar-refractivity contribution is -0.145. The van der Waals surface area contributed by atoms with Crippen molar-refractivity contribution in [3.8, 4) is 0 Å². The number of rotatable bonds is 6. The Balaban J connectivity index is 1.32. The fourth-order valence-corrected chi connectivity index (χ4v) is 4.55. The van der Waals surface area contributed by atoms with Crippen molar-refractivity contribution in [2.45, 2.75) is 19.4 Å². The largest absolute Gasteiger partial charge is 0.369 e. The first-order chi connectivity index (χ1) is 16.8. The van der Waals surface area contributed by atoms with Crippen molar-refractivity contribution in [3.63, 3.8) is 0 Å². The molecule has 0 bridgehead atoms. The number of amides is 3. The van der Waals surface area contributed by atoms with E-state index in [1.54, 1.807) is 30.3 Å². The van der Waals surface area contributed by atoms with E-state index in [4.69, 9.17) is 11.6 Å². The van der Waals surface area contributed by atoms with Gasteiger partial charge in [-0.25, -0.2) is 4.39 Å². The van der Waals surface area contributed by atoms with E-state index >= 15 is 0 Å². The second-order valence-electron chi connectivity index (χ2n) is 8.85. The lowest BCUT2D eigenvalue weighted by atomic mass is 10.1. The SMILES string of the molecule is Cc1ccc(NC(=O)CC2C(=O)NCCN2C(=O)CN2CCN(c3ccc(F)cc3)CC2)cc1Cl. The van der Waals surface area contributed by atoms with Gasteiger partial charge in [0.1, 0.15) is 11.9 Å². The van der Waals surface area contributed by atoms with Crippen molar-refractivity contribution < 1.29 is 18.8 Å². The Kier molecular flexibility index (Phi) is 7.87. The summed E-state index contributed by atoms with van der Waals surface area (Å²) in [5.41, 5.74) is 2.39. The number of carbonyl (C=O) groups excluding carboxylic acids is 3. The first-order valence-electron chi connectivity index (χ1n) is 11.7. The highest BCUT2D eigenvalue weighted by Gasteiger charge is 2.35. The third kappa shape index (κ3) is 6.29. The number of benzene rings is 2. The lowest BCUT2D eigenvalue weighted by Gasteiger charge is -2.39. The van der Waals surface area contributed by atoms with Crippen LogP contribution in [-0.2, 0) is 14.4 Å². The normalized spacial score (nSPS) is 18.8. The van der Waals surface area contributed by atoms with Crippen molar-refractivity contribution >= 4 is 40.7 Å². The number of aryl methyl sites for hydroxylation is 1. The molecule has 0 aliphatic carbocycles. The summed E-state index contributed by atoms with van der Waals surface area (Å²) in [5, 5.41) is 6.05. The van der Waals surface area contributed by atoms with Gasteiger partial charge in [-0.05, 0) is 48.9 Å². The molecule has 2 aliphatic heterocycles. The molecule has 0 aromatic heterocycles. The maximum absolute atomic E-state index is 13.2. The summed E-state index contributed by atoms with van der Waals surface area (Å²) in [4.78, 5) is 44.1. The van der Waals surface area contributed by atoms with E-state index in [-0.39, 0.29) is 36.5 Å². The molecule has 2 aromatic carbocycles. The van der Waals surface area contributed by atoms with Gasteiger partial charge in [0.05, 0.1) is 13.0 Å². The predicted molar refractivity (Wildman–Crippen MR) is 133 cm³/mol. The number of carbonyl (C=O) groups is 3. The summed E-state index contributed by atoms with van der Waals surface area (Å²) in [7, 11) is 0. The number of halogens is 2. The zero-order valence-corrected chi connectivity index (χ0v) is 20.4. The van der Waals surface area contributed by atoms with Gasteiger partial charge in [-0.1, -0.05) is 17.7 Å². The quantitative estimate of drug-likeness (QED) is 0.634. The van der Waals surface area contributed by atoms with Crippen LogP contribution in [0.2, 0.25) is 5.02 Å². The Bertz CT molecular complexity index is 1090. The molecule has 2 aliphatic rings. The Morgan fingerprint density at radius 3 is 2.49 bits per heavy atom. The van der Waals surface area contributed by atoms with Crippen LogP contribution < -0.4 is 15.5 Å². The van der Waals surface area contributed by atoms with Crippen LogP contribution in [0.3, 0.4) is 0 Å². The van der Waals surface area contributed by atoms with Crippen molar-refractivity contribution in [2.75, 3.05) is 56.0 Å². The first kappa shape index (κ1) is 24.9. The summed E-state index contributed by atoms with van der Waals surface area (Å²) in [6.07, 6.45) is -0.137. The molecule has 8 nitrogen and oxygen atoms in total. The zero-order chi connectivity index (χ0) is 24.9. The van der Waals surface area contributed by atoms with E-state index in [1.165, 1.54) is 17.0 Å². The predicted octanol–water partition coefficient (Wildman–Crippen LogP) is 2.27. The summed E-state index contributed by atoms with van der Waals surface area (Å²) in [5.74, 6) is -1.14.